The minimum atomic E-state index is -0.363. The Labute approximate surface area is 365 Å². The zero-order valence-electron chi connectivity index (χ0n) is 34.9. The van der Waals surface area contributed by atoms with Crippen LogP contribution < -0.4 is 0 Å². The third-order valence-electron chi connectivity index (χ3n) is 13.5. The topological polar surface area (TPSA) is 35.6 Å². The number of hydrogen-bond donors (Lipinski definition) is 0. The second kappa shape index (κ2) is 13.5. The molecule has 13 rings (SSSR count). The number of aromatic nitrogens is 4. The predicted octanol–water partition coefficient (Wildman–Crippen LogP) is 15.1. The molecule has 0 radical (unpaired) electrons. The lowest BCUT2D eigenvalue weighted by Gasteiger charge is -2.24. The summed E-state index contributed by atoms with van der Waals surface area (Å²) in [5.74, 6) is 0.709. The normalized spacial score (nSPS) is 13.0. The Morgan fingerprint density at radius 1 is 0.381 bits per heavy atom. The standard InChI is InChI=1S/C59H40N4/c1-59(2)49-33-30-41(37-16-5-3-6-17-37)35-48(49)57-55(59)56(46-24-15-27-52-54(46)45-23-12-14-26-51(45)62(52)42-20-7-4-8-21-42)60-58(61-57)38-28-31-43(32-29-38)63-50-25-13-11-22-44(50)47-34-39-18-9-10-19-40(39)36-53(47)63/h3-36H,1-2H3. The molecule has 0 spiro atoms. The number of hydrogen-bond acceptors (Lipinski definition) is 2. The van der Waals surface area contributed by atoms with Gasteiger partial charge in [0.1, 0.15) is 0 Å². The zero-order valence-corrected chi connectivity index (χ0v) is 34.9. The summed E-state index contributed by atoms with van der Waals surface area (Å²) in [6, 6.07) is 74.6. The van der Waals surface area contributed by atoms with Gasteiger partial charge in [0.05, 0.1) is 33.5 Å². The third-order valence-corrected chi connectivity index (χ3v) is 13.5. The van der Waals surface area contributed by atoms with Gasteiger partial charge in [-0.05, 0) is 100 Å². The van der Waals surface area contributed by atoms with Crippen LogP contribution in [0.25, 0.3) is 111 Å². The Morgan fingerprint density at radius 2 is 0.952 bits per heavy atom. The molecule has 3 aromatic heterocycles. The van der Waals surface area contributed by atoms with E-state index in [2.05, 4.69) is 229 Å². The van der Waals surface area contributed by atoms with Crippen LogP contribution in [0, 0.1) is 0 Å². The van der Waals surface area contributed by atoms with Crippen LogP contribution in [0.3, 0.4) is 0 Å². The van der Waals surface area contributed by atoms with Crippen LogP contribution in [0.5, 0.6) is 0 Å². The maximum Gasteiger partial charge on any atom is 0.160 e. The summed E-state index contributed by atoms with van der Waals surface area (Å²) in [7, 11) is 0. The number of para-hydroxylation sites is 3. The van der Waals surface area contributed by atoms with Crippen LogP contribution in [0.1, 0.15) is 25.0 Å². The summed E-state index contributed by atoms with van der Waals surface area (Å²) in [4.78, 5) is 11.3. The van der Waals surface area contributed by atoms with E-state index in [1.165, 1.54) is 65.6 Å². The van der Waals surface area contributed by atoms with E-state index in [1.54, 1.807) is 0 Å². The molecule has 296 valence electrons. The van der Waals surface area contributed by atoms with Gasteiger partial charge in [-0.25, -0.2) is 9.97 Å². The first-order valence-corrected chi connectivity index (χ1v) is 21.7. The summed E-state index contributed by atoms with van der Waals surface area (Å²) in [6.07, 6.45) is 0. The van der Waals surface area contributed by atoms with Crippen molar-refractivity contribution in [1.82, 2.24) is 19.1 Å². The second-order valence-electron chi connectivity index (χ2n) is 17.4. The SMILES string of the molecule is CC1(C)c2ccc(-c3ccccc3)cc2-c2nc(-c3ccc(-n4c5ccccc5c5cc6ccccc6cc54)cc3)nc(-c3cccc4c3c3ccccc3n4-c3ccccc3)c21. The average molecular weight is 805 g/mol. The van der Waals surface area contributed by atoms with E-state index in [0.29, 0.717) is 5.82 Å². The molecule has 4 heteroatoms. The molecule has 1 aliphatic carbocycles. The number of fused-ring (bicyclic) bond motifs is 10. The first-order chi connectivity index (χ1) is 31.0. The lowest BCUT2D eigenvalue weighted by molar-refractivity contribution is 0.658. The molecule has 0 aliphatic heterocycles. The van der Waals surface area contributed by atoms with Crippen molar-refractivity contribution in [2.45, 2.75) is 19.3 Å². The highest BCUT2D eigenvalue weighted by Crippen LogP contribution is 2.53. The first kappa shape index (κ1) is 35.7. The van der Waals surface area contributed by atoms with Crippen molar-refractivity contribution in [2.75, 3.05) is 0 Å². The summed E-state index contributed by atoms with van der Waals surface area (Å²) < 4.78 is 4.78. The monoisotopic (exact) mass is 804 g/mol. The van der Waals surface area contributed by atoms with Crippen molar-refractivity contribution < 1.29 is 0 Å². The van der Waals surface area contributed by atoms with Gasteiger partial charge in [-0.1, -0.05) is 147 Å². The van der Waals surface area contributed by atoms with Gasteiger partial charge in [0.2, 0.25) is 0 Å². The summed E-state index contributed by atoms with van der Waals surface area (Å²) in [5, 5.41) is 7.35. The molecule has 9 aromatic carbocycles. The van der Waals surface area contributed by atoms with Crippen LogP contribution in [-0.2, 0) is 5.41 Å². The van der Waals surface area contributed by atoms with Gasteiger partial charge in [-0.3, -0.25) is 0 Å². The Bertz CT molecular complexity index is 3800. The molecule has 4 nitrogen and oxygen atoms in total. The highest BCUT2D eigenvalue weighted by Gasteiger charge is 2.41. The van der Waals surface area contributed by atoms with Crippen molar-refractivity contribution in [3.05, 3.63) is 217 Å². The van der Waals surface area contributed by atoms with Gasteiger partial charge in [0.25, 0.3) is 0 Å². The van der Waals surface area contributed by atoms with Crippen LogP contribution >= 0.6 is 0 Å². The van der Waals surface area contributed by atoms with E-state index in [1.807, 2.05) is 0 Å². The summed E-state index contributed by atoms with van der Waals surface area (Å²) in [5.41, 5.74) is 16.5. The first-order valence-electron chi connectivity index (χ1n) is 21.7. The van der Waals surface area contributed by atoms with E-state index >= 15 is 0 Å². The maximum atomic E-state index is 5.68. The molecule has 3 heterocycles. The van der Waals surface area contributed by atoms with E-state index in [9.17, 15) is 0 Å². The maximum absolute atomic E-state index is 5.68. The van der Waals surface area contributed by atoms with Gasteiger partial charge in [0.15, 0.2) is 5.82 Å². The van der Waals surface area contributed by atoms with Crippen LogP contribution in [-0.4, -0.2) is 19.1 Å². The molecular weight excluding hydrogens is 765 g/mol. The van der Waals surface area contributed by atoms with Gasteiger partial charge < -0.3 is 9.13 Å². The molecule has 63 heavy (non-hydrogen) atoms. The van der Waals surface area contributed by atoms with Crippen molar-refractivity contribution in [1.29, 1.82) is 0 Å². The number of rotatable bonds is 5. The highest BCUT2D eigenvalue weighted by molar-refractivity contribution is 6.16. The van der Waals surface area contributed by atoms with Crippen molar-refractivity contribution in [3.8, 4) is 56.4 Å². The van der Waals surface area contributed by atoms with Gasteiger partial charge in [0, 0.05) is 60.6 Å². The molecule has 0 fully saturated rings. The molecule has 0 N–H and O–H groups in total. The molecule has 0 unspecified atom stereocenters. The fourth-order valence-electron chi connectivity index (χ4n) is 10.6. The van der Waals surface area contributed by atoms with Crippen LogP contribution in [0.2, 0.25) is 0 Å². The highest BCUT2D eigenvalue weighted by atomic mass is 15.0. The van der Waals surface area contributed by atoms with Gasteiger partial charge in [-0.15, -0.1) is 0 Å². The molecule has 1 aliphatic rings. The van der Waals surface area contributed by atoms with Crippen LogP contribution in [0.15, 0.2) is 206 Å². The average Bonchev–Trinajstić information content (AvgIpc) is 3.93. The molecule has 12 aromatic rings. The molecule has 0 saturated carbocycles. The van der Waals surface area contributed by atoms with E-state index in [0.717, 1.165) is 50.5 Å². The lowest BCUT2D eigenvalue weighted by Crippen LogP contribution is -2.17. The Kier molecular flexibility index (Phi) is 7.62. The number of benzene rings is 9. The Morgan fingerprint density at radius 3 is 1.71 bits per heavy atom. The smallest absolute Gasteiger partial charge is 0.160 e. The summed E-state index contributed by atoms with van der Waals surface area (Å²) >= 11 is 0. The van der Waals surface area contributed by atoms with E-state index < -0.39 is 0 Å². The molecule has 0 amide bonds. The lowest BCUT2D eigenvalue weighted by atomic mass is 9.80. The van der Waals surface area contributed by atoms with E-state index in [-0.39, 0.29) is 5.41 Å². The third kappa shape index (κ3) is 5.28. The Balaban J connectivity index is 1.05. The van der Waals surface area contributed by atoms with Crippen LogP contribution in [0.4, 0.5) is 0 Å². The van der Waals surface area contributed by atoms with Gasteiger partial charge in [-0.2, -0.15) is 0 Å². The molecule has 0 saturated heterocycles. The zero-order chi connectivity index (χ0) is 41.8. The molecular formula is C59H40N4. The fraction of sp³-hybridized carbons (Fsp3) is 0.0508. The fourth-order valence-corrected chi connectivity index (χ4v) is 10.6. The largest absolute Gasteiger partial charge is 0.309 e. The van der Waals surface area contributed by atoms with Gasteiger partial charge >= 0.3 is 0 Å². The Hall–Kier alpha value is -8.08. The number of nitrogens with zero attached hydrogens (tertiary/aromatic N) is 4. The molecule has 0 atom stereocenters. The van der Waals surface area contributed by atoms with Crippen molar-refractivity contribution in [2.24, 2.45) is 0 Å². The molecule has 0 bridgehead atoms. The van der Waals surface area contributed by atoms with Crippen molar-refractivity contribution in [3.63, 3.8) is 0 Å². The minimum Gasteiger partial charge on any atom is -0.309 e. The van der Waals surface area contributed by atoms with E-state index in [4.69, 9.17) is 9.97 Å². The van der Waals surface area contributed by atoms with Crippen molar-refractivity contribution >= 4 is 54.4 Å². The predicted molar refractivity (Wildman–Crippen MR) is 262 cm³/mol. The minimum absolute atomic E-state index is 0.363. The quantitative estimate of drug-likeness (QED) is 0.174. The summed E-state index contributed by atoms with van der Waals surface area (Å²) in [6.45, 7) is 4.67. The second-order valence-corrected chi connectivity index (χ2v) is 17.4.